The van der Waals surface area contributed by atoms with Gasteiger partial charge in [0.05, 0.1) is 0 Å². The summed E-state index contributed by atoms with van der Waals surface area (Å²) in [5.41, 5.74) is 1.39. The van der Waals surface area contributed by atoms with Gasteiger partial charge in [0.2, 0.25) is 0 Å². The fraction of sp³-hybridized carbons (Fsp3) is 0.118. The molecule has 2 aromatic carbocycles. The highest BCUT2D eigenvalue weighted by atomic mass is 19.1. The van der Waals surface area contributed by atoms with Crippen molar-refractivity contribution in [2.24, 2.45) is 0 Å². The smallest absolute Gasteiger partial charge is 0.338 e. The molecule has 2 aromatic rings. The molecule has 0 atom stereocenters. The van der Waals surface area contributed by atoms with Gasteiger partial charge >= 0.3 is 5.97 Å². The summed E-state index contributed by atoms with van der Waals surface area (Å²) in [7, 11) is 0. The molecule has 112 valence electrons. The van der Waals surface area contributed by atoms with Crippen LogP contribution in [0.5, 0.6) is 11.5 Å². The van der Waals surface area contributed by atoms with Crippen LogP contribution < -0.4 is 9.47 Å². The first-order valence-electron chi connectivity index (χ1n) is 6.59. The van der Waals surface area contributed by atoms with Gasteiger partial charge in [0.1, 0.15) is 6.61 Å². The van der Waals surface area contributed by atoms with E-state index in [1.807, 2.05) is 0 Å². The van der Waals surface area contributed by atoms with E-state index in [9.17, 15) is 13.6 Å². The number of hydrogen-bond acceptors (Lipinski definition) is 3. The predicted octanol–water partition coefficient (Wildman–Crippen LogP) is 4.01. The lowest BCUT2D eigenvalue weighted by Gasteiger charge is -2.22. The van der Waals surface area contributed by atoms with Crippen molar-refractivity contribution in [2.45, 2.75) is 13.5 Å². The van der Waals surface area contributed by atoms with Crippen molar-refractivity contribution in [3.63, 3.8) is 0 Å². The second-order valence-corrected chi connectivity index (χ2v) is 4.98. The lowest BCUT2D eigenvalue weighted by Crippen LogP contribution is -2.13. The molecule has 0 radical (unpaired) electrons. The summed E-state index contributed by atoms with van der Waals surface area (Å²) >= 11 is 0. The summed E-state index contributed by atoms with van der Waals surface area (Å²) in [6.45, 7) is 4.79. The predicted molar refractivity (Wildman–Crippen MR) is 76.6 cm³/mol. The van der Waals surface area contributed by atoms with E-state index in [2.05, 4.69) is 6.58 Å². The minimum atomic E-state index is -0.706. The van der Waals surface area contributed by atoms with Crippen LogP contribution in [0.1, 0.15) is 12.5 Å². The third-order valence-electron chi connectivity index (χ3n) is 3.38. The number of esters is 1. The second kappa shape index (κ2) is 5.26. The zero-order chi connectivity index (χ0) is 15.9. The zero-order valence-electron chi connectivity index (χ0n) is 11.8. The number of benzene rings is 2. The lowest BCUT2D eigenvalue weighted by atomic mass is 9.96. The Balaban J connectivity index is 2.07. The maximum absolute atomic E-state index is 14.5. The molecule has 0 spiro atoms. The summed E-state index contributed by atoms with van der Waals surface area (Å²) in [4.78, 5) is 11.5. The Morgan fingerprint density at radius 2 is 2.00 bits per heavy atom. The molecular formula is C17H12F2O3. The van der Waals surface area contributed by atoms with Crippen molar-refractivity contribution in [1.29, 1.82) is 0 Å². The van der Waals surface area contributed by atoms with Crippen molar-refractivity contribution < 1.29 is 23.0 Å². The van der Waals surface area contributed by atoms with Crippen LogP contribution in [0.4, 0.5) is 8.78 Å². The first-order valence-corrected chi connectivity index (χ1v) is 6.59. The maximum atomic E-state index is 14.5. The summed E-state index contributed by atoms with van der Waals surface area (Å²) in [5.74, 6) is -2.00. The minimum absolute atomic E-state index is 0.0982. The van der Waals surface area contributed by atoms with Gasteiger partial charge in [-0.15, -0.1) is 0 Å². The van der Waals surface area contributed by atoms with E-state index in [-0.39, 0.29) is 29.2 Å². The summed E-state index contributed by atoms with van der Waals surface area (Å²) < 4.78 is 38.4. The highest BCUT2D eigenvalue weighted by Crippen LogP contribution is 2.41. The zero-order valence-corrected chi connectivity index (χ0v) is 11.8. The van der Waals surface area contributed by atoms with E-state index in [0.29, 0.717) is 11.1 Å². The molecule has 0 unspecified atom stereocenters. The van der Waals surface area contributed by atoms with Gasteiger partial charge in [-0.25, -0.2) is 13.6 Å². The molecule has 0 amide bonds. The molecule has 0 fully saturated rings. The molecule has 0 saturated carbocycles. The Morgan fingerprint density at radius 1 is 1.23 bits per heavy atom. The SMILES string of the molecule is C=C(C)C(=O)Oc1ccc2c(c1F)COc1c(F)cccc1-2. The molecule has 0 aliphatic carbocycles. The molecule has 0 aromatic heterocycles. The highest BCUT2D eigenvalue weighted by molar-refractivity contribution is 5.89. The van der Waals surface area contributed by atoms with Gasteiger partial charge < -0.3 is 9.47 Å². The molecule has 1 heterocycles. The Labute approximate surface area is 125 Å². The number of para-hydroxylation sites is 1. The van der Waals surface area contributed by atoms with Crippen LogP contribution in [0, 0.1) is 11.6 Å². The normalized spacial score (nSPS) is 12.0. The average Bonchev–Trinajstić information content (AvgIpc) is 2.50. The van der Waals surface area contributed by atoms with Gasteiger partial charge in [-0.2, -0.15) is 0 Å². The van der Waals surface area contributed by atoms with Gasteiger partial charge in [-0.05, 0) is 30.7 Å². The molecule has 0 N–H and O–H groups in total. The van der Waals surface area contributed by atoms with E-state index < -0.39 is 17.6 Å². The topological polar surface area (TPSA) is 35.5 Å². The van der Waals surface area contributed by atoms with Gasteiger partial charge in [0.15, 0.2) is 23.1 Å². The number of carbonyl (C=O) groups is 1. The maximum Gasteiger partial charge on any atom is 0.338 e. The number of ether oxygens (including phenoxy) is 2. The van der Waals surface area contributed by atoms with E-state index in [4.69, 9.17) is 9.47 Å². The van der Waals surface area contributed by atoms with Crippen LogP contribution in [0.25, 0.3) is 11.1 Å². The van der Waals surface area contributed by atoms with Crippen molar-refractivity contribution >= 4 is 5.97 Å². The second-order valence-electron chi connectivity index (χ2n) is 4.98. The first kappa shape index (κ1) is 14.3. The van der Waals surface area contributed by atoms with Gasteiger partial charge in [0, 0.05) is 16.7 Å². The van der Waals surface area contributed by atoms with Crippen molar-refractivity contribution in [3.05, 3.63) is 59.7 Å². The standard InChI is InChI=1S/C17H12F2O3/c1-9(2)17(20)22-14-7-6-10-11-4-3-5-13(18)16(11)21-8-12(10)15(14)19/h3-7H,1,8H2,2H3. The fourth-order valence-corrected chi connectivity index (χ4v) is 2.27. The van der Waals surface area contributed by atoms with Gasteiger partial charge in [-0.1, -0.05) is 18.7 Å². The molecule has 1 aliphatic rings. The summed E-state index contributed by atoms with van der Waals surface area (Å²) in [6.07, 6.45) is 0. The van der Waals surface area contributed by atoms with Crippen LogP contribution in [0.15, 0.2) is 42.5 Å². The largest absolute Gasteiger partial charge is 0.485 e. The monoisotopic (exact) mass is 302 g/mol. The average molecular weight is 302 g/mol. The Bertz CT molecular complexity index is 797. The van der Waals surface area contributed by atoms with Crippen LogP contribution >= 0.6 is 0 Å². The Hall–Kier alpha value is -2.69. The number of hydrogen-bond donors (Lipinski definition) is 0. The molecule has 3 nitrogen and oxygen atoms in total. The molecule has 0 saturated heterocycles. The molecule has 5 heteroatoms. The van der Waals surface area contributed by atoms with E-state index in [1.54, 1.807) is 12.1 Å². The fourth-order valence-electron chi connectivity index (χ4n) is 2.27. The molecular weight excluding hydrogens is 290 g/mol. The first-order chi connectivity index (χ1) is 10.5. The third-order valence-corrected chi connectivity index (χ3v) is 3.38. The minimum Gasteiger partial charge on any atom is -0.485 e. The lowest BCUT2D eigenvalue weighted by molar-refractivity contribution is -0.130. The van der Waals surface area contributed by atoms with Crippen LogP contribution in [-0.2, 0) is 11.4 Å². The van der Waals surface area contributed by atoms with E-state index in [1.165, 1.54) is 25.1 Å². The number of halogens is 2. The Morgan fingerprint density at radius 3 is 2.73 bits per heavy atom. The Kier molecular flexibility index (Phi) is 3.41. The molecule has 22 heavy (non-hydrogen) atoms. The van der Waals surface area contributed by atoms with Crippen molar-refractivity contribution in [3.8, 4) is 22.6 Å². The third kappa shape index (κ3) is 2.24. The summed E-state index contributed by atoms with van der Waals surface area (Å²) in [5, 5.41) is 0. The number of fused-ring (bicyclic) bond motifs is 3. The van der Waals surface area contributed by atoms with Gasteiger partial charge in [0.25, 0.3) is 0 Å². The molecule has 1 aliphatic heterocycles. The number of carbonyl (C=O) groups excluding carboxylic acids is 1. The highest BCUT2D eigenvalue weighted by Gasteiger charge is 2.25. The molecule has 3 rings (SSSR count). The number of rotatable bonds is 2. The van der Waals surface area contributed by atoms with Crippen LogP contribution in [0.2, 0.25) is 0 Å². The summed E-state index contributed by atoms with van der Waals surface area (Å²) in [6, 6.07) is 7.38. The quantitative estimate of drug-likeness (QED) is 0.478. The van der Waals surface area contributed by atoms with Gasteiger partial charge in [-0.3, -0.25) is 0 Å². The molecule has 0 bridgehead atoms. The van der Waals surface area contributed by atoms with Crippen LogP contribution in [0.3, 0.4) is 0 Å². The van der Waals surface area contributed by atoms with E-state index in [0.717, 1.165) is 0 Å². The van der Waals surface area contributed by atoms with Crippen LogP contribution in [-0.4, -0.2) is 5.97 Å². The van der Waals surface area contributed by atoms with E-state index >= 15 is 0 Å². The van der Waals surface area contributed by atoms with Crippen molar-refractivity contribution in [1.82, 2.24) is 0 Å². The van der Waals surface area contributed by atoms with Crippen molar-refractivity contribution in [2.75, 3.05) is 0 Å².